The number of hydrogen-bond donors (Lipinski definition) is 0. The van der Waals surface area contributed by atoms with Crippen molar-refractivity contribution in [2.75, 3.05) is 6.54 Å². The first-order chi connectivity index (χ1) is 6.25. The van der Waals surface area contributed by atoms with E-state index in [0.717, 1.165) is 27.6 Å². The first kappa shape index (κ1) is 8.78. The lowest BCUT2D eigenvalue weighted by Gasteiger charge is -2.14. The van der Waals surface area contributed by atoms with E-state index in [-0.39, 0.29) is 0 Å². The van der Waals surface area contributed by atoms with Gasteiger partial charge in [0.15, 0.2) is 0 Å². The second-order valence-electron chi connectivity index (χ2n) is 2.90. The van der Waals surface area contributed by atoms with Gasteiger partial charge in [0.05, 0.1) is 0 Å². The second kappa shape index (κ2) is 3.16. The summed E-state index contributed by atoms with van der Waals surface area (Å²) in [5.74, 6) is 0. The van der Waals surface area contributed by atoms with Gasteiger partial charge in [-0.1, -0.05) is 48.7 Å². The molecule has 0 aromatic heterocycles. The van der Waals surface area contributed by atoms with Crippen LogP contribution in [0.2, 0.25) is 0 Å². The highest BCUT2D eigenvalue weighted by molar-refractivity contribution is 7.82. The highest BCUT2D eigenvalue weighted by Crippen LogP contribution is 2.23. The largest absolute Gasteiger partial charge is 0.323 e. The minimum Gasteiger partial charge on any atom is -0.323 e. The molecule has 1 aromatic rings. The molecule has 0 atom stereocenters. The fourth-order valence-corrected chi connectivity index (χ4v) is 2.38. The molecule has 0 aliphatic carbocycles. The number of fused-ring (bicyclic) bond motifs is 1. The molecule has 1 aliphatic rings. The van der Waals surface area contributed by atoms with Crippen LogP contribution < -0.4 is 0 Å². The van der Waals surface area contributed by atoms with Gasteiger partial charge in [-0.15, -0.1) is 0 Å². The number of thiocarbonyl (C=S) groups is 2. The quantitative estimate of drug-likeness (QED) is 0.651. The van der Waals surface area contributed by atoms with E-state index in [1.54, 1.807) is 0 Å². The predicted octanol–water partition coefficient (Wildman–Crippen LogP) is 2.37. The van der Waals surface area contributed by atoms with Crippen LogP contribution >= 0.6 is 24.4 Å². The van der Waals surface area contributed by atoms with Gasteiger partial charge in [0, 0.05) is 17.7 Å². The van der Waals surface area contributed by atoms with Crippen molar-refractivity contribution in [3.05, 3.63) is 35.4 Å². The smallest absolute Gasteiger partial charge is 0.114 e. The molecule has 0 N–H and O–H groups in total. The fraction of sp³-hybridized carbons (Fsp3) is 0.200. The Morgan fingerprint density at radius 1 is 1.08 bits per heavy atom. The molecule has 66 valence electrons. The van der Waals surface area contributed by atoms with Crippen molar-refractivity contribution in [2.24, 2.45) is 0 Å². The average Bonchev–Trinajstić information content (AvgIpc) is 2.41. The molecule has 0 saturated heterocycles. The molecule has 13 heavy (non-hydrogen) atoms. The summed E-state index contributed by atoms with van der Waals surface area (Å²) in [5, 5.41) is 0. The Morgan fingerprint density at radius 2 is 1.54 bits per heavy atom. The Bertz CT molecular complexity index is 349. The maximum Gasteiger partial charge on any atom is 0.114 e. The van der Waals surface area contributed by atoms with Crippen LogP contribution in [0.4, 0.5) is 0 Å². The van der Waals surface area contributed by atoms with Gasteiger partial charge in [0.2, 0.25) is 0 Å². The summed E-state index contributed by atoms with van der Waals surface area (Å²) in [6.45, 7) is 2.91. The van der Waals surface area contributed by atoms with Crippen LogP contribution in [0.15, 0.2) is 24.3 Å². The minimum atomic E-state index is 0.854. The molecule has 0 fully saturated rings. The van der Waals surface area contributed by atoms with E-state index in [2.05, 4.69) is 6.92 Å². The van der Waals surface area contributed by atoms with Gasteiger partial charge in [-0.3, -0.25) is 0 Å². The molecule has 3 heteroatoms. The van der Waals surface area contributed by atoms with Gasteiger partial charge in [-0.2, -0.15) is 0 Å². The molecule has 0 saturated carbocycles. The zero-order valence-corrected chi connectivity index (χ0v) is 8.91. The molecule has 1 aliphatic heterocycles. The third kappa shape index (κ3) is 1.19. The predicted molar refractivity (Wildman–Crippen MR) is 62.2 cm³/mol. The highest BCUT2D eigenvalue weighted by atomic mass is 32.1. The lowest BCUT2D eigenvalue weighted by atomic mass is 10.1. The van der Waals surface area contributed by atoms with Gasteiger partial charge in [-0.25, -0.2) is 0 Å². The Balaban J connectivity index is 2.57. The summed E-state index contributed by atoms with van der Waals surface area (Å²) < 4.78 is 0. The fourth-order valence-electron chi connectivity index (χ4n) is 1.53. The summed E-state index contributed by atoms with van der Waals surface area (Å²) in [5.41, 5.74) is 2.20. The molecule has 0 unspecified atom stereocenters. The Hall–Kier alpha value is -0.800. The lowest BCUT2D eigenvalue weighted by molar-refractivity contribution is 0.679. The Labute approximate surface area is 88.4 Å². The first-order valence-electron chi connectivity index (χ1n) is 4.21. The van der Waals surface area contributed by atoms with Crippen LogP contribution in [-0.4, -0.2) is 21.4 Å². The summed E-state index contributed by atoms with van der Waals surface area (Å²) in [7, 11) is 0. The Morgan fingerprint density at radius 3 is 1.92 bits per heavy atom. The van der Waals surface area contributed by atoms with Crippen molar-refractivity contribution in [2.45, 2.75) is 6.92 Å². The number of hydrogen-bond acceptors (Lipinski definition) is 2. The molecular formula is C10H9NS2. The van der Waals surface area contributed by atoms with E-state index in [0.29, 0.717) is 0 Å². The standard InChI is InChI=1S/C10H9NS2/c1-2-11-9(12)7-5-3-4-6-8(7)10(11)13/h3-6H,2H2,1H3. The van der Waals surface area contributed by atoms with Gasteiger partial charge >= 0.3 is 0 Å². The van der Waals surface area contributed by atoms with Crippen molar-refractivity contribution in [3.8, 4) is 0 Å². The van der Waals surface area contributed by atoms with Gasteiger partial charge in [0.25, 0.3) is 0 Å². The van der Waals surface area contributed by atoms with Crippen LogP contribution in [0.25, 0.3) is 0 Å². The maximum atomic E-state index is 5.31. The molecule has 1 nitrogen and oxygen atoms in total. The third-order valence-electron chi connectivity index (χ3n) is 2.19. The minimum absolute atomic E-state index is 0.854. The second-order valence-corrected chi connectivity index (χ2v) is 3.67. The van der Waals surface area contributed by atoms with Crippen LogP contribution in [-0.2, 0) is 0 Å². The van der Waals surface area contributed by atoms with Crippen molar-refractivity contribution in [1.82, 2.24) is 4.90 Å². The van der Waals surface area contributed by atoms with E-state index < -0.39 is 0 Å². The maximum absolute atomic E-state index is 5.31. The van der Waals surface area contributed by atoms with E-state index in [4.69, 9.17) is 24.4 Å². The zero-order valence-electron chi connectivity index (χ0n) is 7.28. The highest BCUT2D eigenvalue weighted by Gasteiger charge is 2.26. The van der Waals surface area contributed by atoms with E-state index >= 15 is 0 Å². The SMILES string of the molecule is CCN1C(=S)c2ccccc2C1=S. The molecule has 0 radical (unpaired) electrons. The number of nitrogens with zero attached hydrogens (tertiary/aromatic N) is 1. The average molecular weight is 207 g/mol. The van der Waals surface area contributed by atoms with Gasteiger partial charge in [-0.05, 0) is 6.92 Å². The monoisotopic (exact) mass is 207 g/mol. The molecule has 1 heterocycles. The summed E-state index contributed by atoms with van der Waals surface area (Å²) in [4.78, 5) is 3.72. The number of benzene rings is 1. The first-order valence-corrected chi connectivity index (χ1v) is 5.02. The molecule has 0 amide bonds. The lowest BCUT2D eigenvalue weighted by Crippen LogP contribution is -2.27. The third-order valence-corrected chi connectivity index (χ3v) is 3.08. The van der Waals surface area contributed by atoms with E-state index in [9.17, 15) is 0 Å². The van der Waals surface area contributed by atoms with Gasteiger partial charge < -0.3 is 4.90 Å². The van der Waals surface area contributed by atoms with Crippen molar-refractivity contribution in [1.29, 1.82) is 0 Å². The van der Waals surface area contributed by atoms with Crippen LogP contribution in [0.1, 0.15) is 18.1 Å². The van der Waals surface area contributed by atoms with Crippen LogP contribution in [0, 0.1) is 0 Å². The molecule has 0 bridgehead atoms. The van der Waals surface area contributed by atoms with Gasteiger partial charge in [0.1, 0.15) is 9.98 Å². The van der Waals surface area contributed by atoms with Crippen molar-refractivity contribution < 1.29 is 0 Å². The molecule has 0 spiro atoms. The number of rotatable bonds is 1. The molecule has 2 rings (SSSR count). The van der Waals surface area contributed by atoms with Crippen molar-refractivity contribution in [3.63, 3.8) is 0 Å². The topological polar surface area (TPSA) is 3.24 Å². The zero-order chi connectivity index (χ0) is 9.42. The van der Waals surface area contributed by atoms with Crippen LogP contribution in [0.5, 0.6) is 0 Å². The van der Waals surface area contributed by atoms with E-state index in [1.807, 2.05) is 29.2 Å². The molecular weight excluding hydrogens is 198 g/mol. The Kier molecular flexibility index (Phi) is 2.14. The summed E-state index contributed by atoms with van der Waals surface area (Å²) in [6, 6.07) is 8.04. The molecule has 1 aromatic carbocycles. The summed E-state index contributed by atoms with van der Waals surface area (Å²) in [6.07, 6.45) is 0. The van der Waals surface area contributed by atoms with Crippen molar-refractivity contribution >= 4 is 34.4 Å². The van der Waals surface area contributed by atoms with Crippen LogP contribution in [0.3, 0.4) is 0 Å². The summed E-state index contributed by atoms with van der Waals surface area (Å²) >= 11 is 10.6. The van der Waals surface area contributed by atoms with E-state index in [1.165, 1.54) is 0 Å². The normalized spacial score (nSPS) is 15.0.